The van der Waals surface area contributed by atoms with Crippen molar-refractivity contribution in [1.82, 2.24) is 9.97 Å². The van der Waals surface area contributed by atoms with Crippen LogP contribution >= 0.6 is 0 Å². The second-order valence-corrected chi connectivity index (χ2v) is 5.29. The molecular weight excluding hydrogens is 312 g/mol. The zero-order chi connectivity index (χ0) is 16.9. The van der Waals surface area contributed by atoms with Crippen LogP contribution in [-0.2, 0) is 11.2 Å². The van der Waals surface area contributed by atoms with Gasteiger partial charge in [0, 0.05) is 29.2 Å². The van der Waals surface area contributed by atoms with Crippen molar-refractivity contribution in [2.24, 2.45) is 0 Å². The van der Waals surface area contributed by atoms with E-state index in [0.29, 0.717) is 11.3 Å². The molecule has 122 valence electrons. The lowest BCUT2D eigenvalue weighted by molar-refractivity contribution is -0.115. The Morgan fingerprint density at radius 3 is 2.62 bits per heavy atom. The van der Waals surface area contributed by atoms with E-state index in [0.717, 1.165) is 11.4 Å². The molecule has 6 heteroatoms. The van der Waals surface area contributed by atoms with E-state index in [1.807, 2.05) is 12.1 Å². The fourth-order valence-electron chi connectivity index (χ4n) is 2.36. The van der Waals surface area contributed by atoms with Crippen molar-refractivity contribution >= 4 is 11.6 Å². The first-order chi connectivity index (χ1) is 11.6. The lowest BCUT2D eigenvalue weighted by Gasteiger charge is -2.07. The Morgan fingerprint density at radius 1 is 1.17 bits per heavy atom. The third-order valence-corrected chi connectivity index (χ3v) is 3.51. The summed E-state index contributed by atoms with van der Waals surface area (Å²) in [5.74, 6) is 0.490. The number of H-pyrrole nitrogens is 1. The predicted octanol–water partition coefficient (Wildman–Crippen LogP) is 4.20. The summed E-state index contributed by atoms with van der Waals surface area (Å²) >= 11 is 0. The lowest BCUT2D eigenvalue weighted by atomic mass is 10.1. The number of imidazole rings is 1. The van der Waals surface area contributed by atoms with Gasteiger partial charge >= 0.3 is 0 Å². The van der Waals surface area contributed by atoms with E-state index in [2.05, 4.69) is 15.3 Å². The highest BCUT2D eigenvalue weighted by molar-refractivity contribution is 5.92. The van der Waals surface area contributed by atoms with Gasteiger partial charge in [-0.1, -0.05) is 18.2 Å². The number of nitrogens with zero attached hydrogens (tertiary/aromatic N) is 1. The first kappa shape index (κ1) is 15.9. The molecule has 1 amide bonds. The fourth-order valence-corrected chi connectivity index (χ4v) is 2.36. The number of carbonyl (C=O) groups is 1. The van der Waals surface area contributed by atoms with Crippen LogP contribution < -0.4 is 5.32 Å². The van der Waals surface area contributed by atoms with Crippen LogP contribution in [0.5, 0.6) is 0 Å². The first-order valence-electron chi connectivity index (χ1n) is 7.38. The van der Waals surface area contributed by atoms with Crippen LogP contribution in [0.3, 0.4) is 0 Å². The largest absolute Gasteiger partial charge is 0.345 e. The second-order valence-electron chi connectivity index (χ2n) is 5.29. The molecule has 0 fully saturated rings. The number of halogens is 2. The molecule has 24 heavy (non-hydrogen) atoms. The van der Waals surface area contributed by atoms with Gasteiger partial charge in [-0.05, 0) is 35.9 Å². The highest BCUT2D eigenvalue weighted by atomic mass is 19.3. The number of aromatic nitrogens is 2. The first-order valence-corrected chi connectivity index (χ1v) is 7.38. The number of anilines is 1. The zero-order valence-corrected chi connectivity index (χ0v) is 12.7. The number of benzene rings is 2. The molecule has 0 saturated heterocycles. The van der Waals surface area contributed by atoms with Gasteiger partial charge in [-0.3, -0.25) is 4.79 Å². The molecule has 2 N–H and O–H groups in total. The standard InChI is InChI=1S/C18H15F2N3O/c19-17(20)14-3-1-2-12(10-14)11-16(24)23-15-6-4-13(5-7-15)18-21-8-9-22-18/h1-10,17H,11H2,(H,21,22)(H,23,24). The summed E-state index contributed by atoms with van der Waals surface area (Å²) in [6.45, 7) is 0. The second kappa shape index (κ2) is 7.04. The Hall–Kier alpha value is -3.02. The molecule has 0 bridgehead atoms. The number of aromatic amines is 1. The molecule has 3 rings (SSSR count). The van der Waals surface area contributed by atoms with Crippen molar-refractivity contribution in [2.45, 2.75) is 12.8 Å². The minimum absolute atomic E-state index is 0.0422. The molecule has 0 aliphatic carbocycles. The Kier molecular flexibility index (Phi) is 4.65. The molecule has 1 aromatic heterocycles. The normalized spacial score (nSPS) is 10.8. The smallest absolute Gasteiger partial charge is 0.263 e. The number of alkyl halides is 2. The molecule has 0 aliphatic rings. The van der Waals surface area contributed by atoms with E-state index in [4.69, 9.17) is 0 Å². The Balaban J connectivity index is 1.63. The summed E-state index contributed by atoms with van der Waals surface area (Å²) in [6, 6.07) is 13.1. The van der Waals surface area contributed by atoms with Crippen LogP contribution in [0.25, 0.3) is 11.4 Å². The maximum Gasteiger partial charge on any atom is 0.263 e. The van der Waals surface area contributed by atoms with Crippen LogP contribution in [0.1, 0.15) is 17.6 Å². The van der Waals surface area contributed by atoms with E-state index in [-0.39, 0.29) is 17.9 Å². The van der Waals surface area contributed by atoms with E-state index < -0.39 is 6.43 Å². The Labute approximate surface area is 137 Å². The molecular formula is C18H15F2N3O. The number of nitrogens with one attached hydrogen (secondary N) is 2. The van der Waals surface area contributed by atoms with Crippen LogP contribution in [0.2, 0.25) is 0 Å². The molecule has 0 saturated carbocycles. The molecule has 3 aromatic rings. The Bertz CT molecular complexity index is 815. The van der Waals surface area contributed by atoms with Crippen molar-refractivity contribution in [2.75, 3.05) is 5.32 Å². The van der Waals surface area contributed by atoms with Crippen LogP contribution in [0.4, 0.5) is 14.5 Å². The summed E-state index contributed by atoms with van der Waals surface area (Å²) in [6.07, 6.45) is 0.902. The molecule has 1 heterocycles. The molecule has 0 aliphatic heterocycles. The molecule has 0 unspecified atom stereocenters. The molecule has 4 nitrogen and oxygen atoms in total. The summed E-state index contributed by atoms with van der Waals surface area (Å²) in [7, 11) is 0. The fraction of sp³-hybridized carbons (Fsp3) is 0.111. The molecule has 0 atom stereocenters. The van der Waals surface area contributed by atoms with Gasteiger partial charge < -0.3 is 10.3 Å². The third kappa shape index (κ3) is 3.84. The summed E-state index contributed by atoms with van der Waals surface area (Å²) < 4.78 is 25.4. The van der Waals surface area contributed by atoms with Gasteiger partial charge in [0.25, 0.3) is 6.43 Å². The SMILES string of the molecule is O=C(Cc1cccc(C(F)F)c1)Nc1ccc(-c2ncc[nH]2)cc1. The van der Waals surface area contributed by atoms with Gasteiger partial charge in [0.15, 0.2) is 0 Å². The van der Waals surface area contributed by atoms with E-state index >= 15 is 0 Å². The van der Waals surface area contributed by atoms with Gasteiger partial charge in [-0.2, -0.15) is 0 Å². The van der Waals surface area contributed by atoms with E-state index in [1.165, 1.54) is 18.2 Å². The van der Waals surface area contributed by atoms with E-state index in [9.17, 15) is 13.6 Å². The molecule has 0 radical (unpaired) electrons. The number of hydrogen-bond acceptors (Lipinski definition) is 2. The Morgan fingerprint density at radius 2 is 1.96 bits per heavy atom. The average molecular weight is 327 g/mol. The number of hydrogen-bond donors (Lipinski definition) is 2. The van der Waals surface area contributed by atoms with Gasteiger partial charge in [-0.15, -0.1) is 0 Å². The minimum Gasteiger partial charge on any atom is -0.345 e. The van der Waals surface area contributed by atoms with Gasteiger partial charge in [-0.25, -0.2) is 13.8 Å². The van der Waals surface area contributed by atoms with Crippen molar-refractivity contribution in [3.8, 4) is 11.4 Å². The maximum absolute atomic E-state index is 12.7. The molecule has 2 aromatic carbocycles. The van der Waals surface area contributed by atoms with Crippen LogP contribution in [-0.4, -0.2) is 15.9 Å². The topological polar surface area (TPSA) is 57.8 Å². The third-order valence-electron chi connectivity index (χ3n) is 3.51. The average Bonchev–Trinajstić information content (AvgIpc) is 3.10. The summed E-state index contributed by atoms with van der Waals surface area (Å²) in [4.78, 5) is 19.2. The van der Waals surface area contributed by atoms with Crippen molar-refractivity contribution in [3.05, 3.63) is 72.1 Å². The maximum atomic E-state index is 12.7. The number of rotatable bonds is 5. The van der Waals surface area contributed by atoms with Crippen molar-refractivity contribution < 1.29 is 13.6 Å². The van der Waals surface area contributed by atoms with Gasteiger partial charge in [0.05, 0.1) is 6.42 Å². The van der Waals surface area contributed by atoms with Crippen LogP contribution in [0.15, 0.2) is 60.9 Å². The van der Waals surface area contributed by atoms with Gasteiger partial charge in [0.1, 0.15) is 5.82 Å². The molecule has 0 spiro atoms. The quantitative estimate of drug-likeness (QED) is 0.738. The monoisotopic (exact) mass is 327 g/mol. The van der Waals surface area contributed by atoms with E-state index in [1.54, 1.807) is 30.6 Å². The lowest BCUT2D eigenvalue weighted by Crippen LogP contribution is -2.14. The summed E-state index contributed by atoms with van der Waals surface area (Å²) in [5, 5.41) is 2.75. The highest BCUT2D eigenvalue weighted by Crippen LogP contribution is 2.20. The predicted molar refractivity (Wildman–Crippen MR) is 87.8 cm³/mol. The number of amides is 1. The summed E-state index contributed by atoms with van der Waals surface area (Å²) in [5.41, 5.74) is 2.02. The van der Waals surface area contributed by atoms with Gasteiger partial charge in [0.2, 0.25) is 5.91 Å². The van der Waals surface area contributed by atoms with Crippen molar-refractivity contribution in [1.29, 1.82) is 0 Å². The minimum atomic E-state index is -2.54. The highest BCUT2D eigenvalue weighted by Gasteiger charge is 2.10. The van der Waals surface area contributed by atoms with Crippen molar-refractivity contribution in [3.63, 3.8) is 0 Å². The number of carbonyl (C=O) groups excluding carboxylic acids is 1. The zero-order valence-electron chi connectivity index (χ0n) is 12.7. The van der Waals surface area contributed by atoms with Crippen LogP contribution in [0, 0.1) is 0 Å².